The van der Waals surface area contributed by atoms with Crippen molar-refractivity contribution in [2.75, 3.05) is 6.61 Å². The molecule has 1 N–H and O–H groups in total. The summed E-state index contributed by atoms with van der Waals surface area (Å²) in [7, 11) is 0. The molecule has 2 heteroatoms. The van der Waals surface area contributed by atoms with Gasteiger partial charge in [0, 0.05) is 17.1 Å². The van der Waals surface area contributed by atoms with Crippen molar-refractivity contribution in [1.82, 2.24) is 0 Å². The Morgan fingerprint density at radius 2 is 1.65 bits per heavy atom. The first-order valence-corrected chi connectivity index (χ1v) is 6.77. The summed E-state index contributed by atoms with van der Waals surface area (Å²) in [6.07, 6.45) is 0. The highest BCUT2D eigenvalue weighted by atomic mass is 16.3. The maximum atomic E-state index is 12.6. The van der Waals surface area contributed by atoms with Crippen molar-refractivity contribution >= 4 is 11.4 Å². The molecule has 1 aliphatic rings. The predicted octanol–water partition coefficient (Wildman–Crippen LogP) is 3.43. The summed E-state index contributed by atoms with van der Waals surface area (Å²) in [6, 6.07) is 17.5. The number of Topliss-reactive ketones (excluding diaryl/α,β-unsaturated/α-hetero) is 1. The maximum absolute atomic E-state index is 12.6. The van der Waals surface area contributed by atoms with Crippen LogP contribution in [0.25, 0.3) is 5.57 Å². The van der Waals surface area contributed by atoms with Crippen LogP contribution in [0.15, 0.2) is 60.2 Å². The molecule has 1 unspecified atom stereocenters. The molecule has 2 aromatic rings. The molecule has 0 radical (unpaired) electrons. The topological polar surface area (TPSA) is 37.3 Å². The highest BCUT2D eigenvalue weighted by molar-refractivity contribution is 6.17. The van der Waals surface area contributed by atoms with Gasteiger partial charge >= 0.3 is 0 Å². The summed E-state index contributed by atoms with van der Waals surface area (Å²) >= 11 is 0. The van der Waals surface area contributed by atoms with Gasteiger partial charge in [-0.15, -0.1) is 0 Å². The molecule has 0 heterocycles. The third-order valence-electron chi connectivity index (χ3n) is 3.95. The van der Waals surface area contributed by atoms with E-state index in [1.807, 2.05) is 54.6 Å². The molecule has 0 fully saturated rings. The Hall–Kier alpha value is -2.19. The third-order valence-corrected chi connectivity index (χ3v) is 3.95. The van der Waals surface area contributed by atoms with E-state index >= 15 is 0 Å². The molecule has 0 aliphatic heterocycles. The van der Waals surface area contributed by atoms with Gasteiger partial charge in [-0.05, 0) is 16.7 Å². The van der Waals surface area contributed by atoms with E-state index < -0.39 is 0 Å². The van der Waals surface area contributed by atoms with Gasteiger partial charge in [-0.2, -0.15) is 0 Å². The van der Waals surface area contributed by atoms with Crippen LogP contribution in [0.1, 0.15) is 34.3 Å². The van der Waals surface area contributed by atoms with Crippen molar-refractivity contribution in [3.05, 3.63) is 76.9 Å². The van der Waals surface area contributed by atoms with Gasteiger partial charge < -0.3 is 5.11 Å². The average molecular weight is 264 g/mol. The molecule has 0 spiro atoms. The number of rotatable bonds is 2. The maximum Gasteiger partial charge on any atom is 0.191 e. The van der Waals surface area contributed by atoms with Crippen LogP contribution in [0.4, 0.5) is 0 Å². The van der Waals surface area contributed by atoms with Gasteiger partial charge in [0.1, 0.15) is 0 Å². The fraction of sp³-hybridized carbons (Fsp3) is 0.167. The Kier molecular flexibility index (Phi) is 3.25. The number of aliphatic hydroxyl groups is 1. The summed E-state index contributed by atoms with van der Waals surface area (Å²) in [5.74, 6) is 0.0495. The molecule has 0 amide bonds. The molecule has 3 rings (SSSR count). The molecule has 20 heavy (non-hydrogen) atoms. The average Bonchev–Trinajstić information content (AvgIpc) is 2.51. The number of fused-ring (bicyclic) bond motifs is 1. The van der Waals surface area contributed by atoms with Crippen molar-refractivity contribution in [2.45, 2.75) is 12.8 Å². The van der Waals surface area contributed by atoms with Crippen molar-refractivity contribution in [3.8, 4) is 0 Å². The number of benzene rings is 2. The van der Waals surface area contributed by atoms with E-state index in [2.05, 4.69) is 6.92 Å². The van der Waals surface area contributed by atoms with E-state index in [0.717, 1.165) is 16.7 Å². The van der Waals surface area contributed by atoms with Gasteiger partial charge in [0.15, 0.2) is 5.78 Å². The van der Waals surface area contributed by atoms with Crippen LogP contribution in [-0.4, -0.2) is 17.5 Å². The smallest absolute Gasteiger partial charge is 0.191 e. The number of allylic oxidation sites excluding steroid dienone is 1. The number of hydrogen-bond donors (Lipinski definition) is 1. The second-order valence-corrected chi connectivity index (χ2v) is 5.05. The lowest BCUT2D eigenvalue weighted by atomic mass is 9.76. The zero-order valence-corrected chi connectivity index (χ0v) is 11.3. The van der Waals surface area contributed by atoms with Gasteiger partial charge in [-0.1, -0.05) is 61.5 Å². The summed E-state index contributed by atoms with van der Waals surface area (Å²) in [5.41, 5.74) is 4.21. The first-order valence-electron chi connectivity index (χ1n) is 6.77. The zero-order valence-electron chi connectivity index (χ0n) is 11.3. The SMILES string of the molecule is CC1C(c2ccccc2)=C(CO)C(=O)c2ccccc21. The quantitative estimate of drug-likeness (QED) is 0.902. The normalized spacial score (nSPS) is 18.1. The van der Waals surface area contributed by atoms with E-state index in [1.54, 1.807) is 0 Å². The van der Waals surface area contributed by atoms with Gasteiger partial charge in [0.25, 0.3) is 0 Å². The van der Waals surface area contributed by atoms with E-state index in [0.29, 0.717) is 11.1 Å². The number of carbonyl (C=O) groups is 1. The minimum Gasteiger partial charge on any atom is -0.392 e. The number of hydrogen-bond acceptors (Lipinski definition) is 2. The van der Waals surface area contributed by atoms with Gasteiger partial charge in [-0.3, -0.25) is 4.79 Å². The van der Waals surface area contributed by atoms with Crippen LogP contribution in [0.5, 0.6) is 0 Å². The molecule has 1 aliphatic carbocycles. The minimum atomic E-state index is -0.221. The Morgan fingerprint density at radius 3 is 2.35 bits per heavy atom. The van der Waals surface area contributed by atoms with Crippen molar-refractivity contribution in [1.29, 1.82) is 0 Å². The van der Waals surface area contributed by atoms with Gasteiger partial charge in [0.05, 0.1) is 6.61 Å². The molecule has 0 aromatic heterocycles. The van der Waals surface area contributed by atoms with Crippen LogP contribution in [-0.2, 0) is 0 Å². The predicted molar refractivity (Wildman–Crippen MR) is 79.6 cm³/mol. The largest absolute Gasteiger partial charge is 0.392 e. The van der Waals surface area contributed by atoms with Gasteiger partial charge in [0.2, 0.25) is 0 Å². The van der Waals surface area contributed by atoms with Gasteiger partial charge in [-0.25, -0.2) is 0 Å². The number of carbonyl (C=O) groups excluding carboxylic acids is 1. The van der Waals surface area contributed by atoms with E-state index in [9.17, 15) is 9.90 Å². The molecule has 2 aromatic carbocycles. The van der Waals surface area contributed by atoms with E-state index in [4.69, 9.17) is 0 Å². The Balaban J connectivity index is 2.24. The van der Waals surface area contributed by atoms with E-state index in [1.165, 1.54) is 0 Å². The molecule has 0 bridgehead atoms. The molecule has 1 atom stereocenters. The molecule has 0 saturated carbocycles. The lowest BCUT2D eigenvalue weighted by molar-refractivity contribution is 0.101. The standard InChI is InChI=1S/C18H16O2/c1-12-14-9-5-6-10-15(14)18(20)16(11-19)17(12)13-7-3-2-4-8-13/h2-10,12,19H,11H2,1H3. The highest BCUT2D eigenvalue weighted by Crippen LogP contribution is 2.40. The van der Waals surface area contributed by atoms with Crippen LogP contribution >= 0.6 is 0 Å². The fourth-order valence-electron chi connectivity index (χ4n) is 2.98. The molecule has 0 saturated heterocycles. The van der Waals surface area contributed by atoms with E-state index in [-0.39, 0.29) is 18.3 Å². The summed E-state index contributed by atoms with van der Waals surface area (Å²) in [4.78, 5) is 12.6. The second kappa shape index (κ2) is 5.06. The first kappa shape index (κ1) is 12.8. The molecular weight excluding hydrogens is 248 g/mol. The highest BCUT2D eigenvalue weighted by Gasteiger charge is 2.30. The van der Waals surface area contributed by atoms with Crippen molar-refractivity contribution in [2.24, 2.45) is 0 Å². The molecule has 2 nitrogen and oxygen atoms in total. The monoisotopic (exact) mass is 264 g/mol. The lowest BCUT2D eigenvalue weighted by Gasteiger charge is -2.27. The van der Waals surface area contributed by atoms with Crippen LogP contribution in [0.2, 0.25) is 0 Å². The number of ketones is 1. The van der Waals surface area contributed by atoms with Crippen LogP contribution in [0.3, 0.4) is 0 Å². The second-order valence-electron chi connectivity index (χ2n) is 5.05. The van der Waals surface area contributed by atoms with Crippen LogP contribution < -0.4 is 0 Å². The summed E-state index contributed by atoms with van der Waals surface area (Å²) < 4.78 is 0. The fourth-order valence-corrected chi connectivity index (χ4v) is 2.98. The summed E-state index contributed by atoms with van der Waals surface area (Å²) in [5, 5.41) is 9.66. The molecular formula is C18H16O2. The number of aliphatic hydroxyl groups excluding tert-OH is 1. The minimum absolute atomic E-state index is 0.0555. The Morgan fingerprint density at radius 1 is 1.00 bits per heavy atom. The Labute approximate surface area is 118 Å². The third kappa shape index (κ3) is 1.89. The Bertz CT molecular complexity index is 684. The molecule has 100 valence electrons. The lowest BCUT2D eigenvalue weighted by Crippen LogP contribution is -2.20. The zero-order chi connectivity index (χ0) is 14.1. The van der Waals surface area contributed by atoms with Crippen molar-refractivity contribution in [3.63, 3.8) is 0 Å². The summed E-state index contributed by atoms with van der Waals surface area (Å²) in [6.45, 7) is 1.87. The first-order chi connectivity index (χ1) is 9.74. The van der Waals surface area contributed by atoms with Crippen molar-refractivity contribution < 1.29 is 9.90 Å². The van der Waals surface area contributed by atoms with Crippen LogP contribution in [0, 0.1) is 0 Å².